The topological polar surface area (TPSA) is 34.9 Å². The van der Waals surface area contributed by atoms with Crippen LogP contribution < -0.4 is 5.56 Å². The van der Waals surface area contributed by atoms with Gasteiger partial charge in [-0.3, -0.25) is 9.36 Å². The maximum absolute atomic E-state index is 13.7. The molecule has 4 heteroatoms. The molecule has 142 valence electrons. The molecule has 1 aromatic heterocycles. The Morgan fingerprint density at radius 1 is 1.30 bits per heavy atom. The fourth-order valence-corrected chi connectivity index (χ4v) is 5.63. The molecule has 1 spiro atoms. The summed E-state index contributed by atoms with van der Waals surface area (Å²) in [6, 6.07) is 8.54. The Morgan fingerprint density at radius 3 is 2.74 bits per heavy atom. The van der Waals surface area contributed by atoms with Gasteiger partial charge in [-0.2, -0.15) is 0 Å². The van der Waals surface area contributed by atoms with Crippen molar-refractivity contribution in [2.24, 2.45) is 0 Å². The Kier molecular flexibility index (Phi) is 5.02. The SMILES string of the molecule is C=C(C)CSc1nc2c(c(=O)n1CCC)C1(CCCC1)Cc1ccccc1-2. The molecule has 27 heavy (non-hydrogen) atoms. The van der Waals surface area contributed by atoms with Crippen LogP contribution in [0.2, 0.25) is 0 Å². The molecular weight excluding hydrogens is 352 g/mol. The highest BCUT2D eigenvalue weighted by atomic mass is 32.2. The van der Waals surface area contributed by atoms with E-state index in [4.69, 9.17) is 4.98 Å². The van der Waals surface area contributed by atoms with Crippen LogP contribution in [0.5, 0.6) is 0 Å². The quantitative estimate of drug-likeness (QED) is 0.398. The first-order chi connectivity index (χ1) is 13.1. The van der Waals surface area contributed by atoms with E-state index in [1.54, 1.807) is 11.8 Å². The molecule has 0 aliphatic heterocycles. The van der Waals surface area contributed by atoms with E-state index in [0.29, 0.717) is 0 Å². The summed E-state index contributed by atoms with van der Waals surface area (Å²) in [5.41, 5.74) is 5.73. The summed E-state index contributed by atoms with van der Waals surface area (Å²) in [5.74, 6) is 0.793. The predicted octanol–water partition coefficient (Wildman–Crippen LogP) is 5.36. The Morgan fingerprint density at radius 2 is 2.04 bits per heavy atom. The zero-order valence-corrected chi connectivity index (χ0v) is 17.2. The van der Waals surface area contributed by atoms with Crippen molar-refractivity contribution >= 4 is 11.8 Å². The Bertz CT molecular complexity index is 938. The molecule has 2 aliphatic carbocycles. The molecule has 1 fully saturated rings. The standard InChI is InChI=1S/C23H28N2OS/c1-4-13-25-21(26)19-20(24-22(25)27-15-16(2)3)18-10-6-5-9-17(18)14-23(19)11-7-8-12-23/h5-6,9-10H,2,4,7-8,11-15H2,1,3H3. The minimum atomic E-state index is -0.0131. The molecule has 0 amide bonds. The van der Waals surface area contributed by atoms with Gasteiger partial charge in [0.25, 0.3) is 5.56 Å². The predicted molar refractivity (Wildman–Crippen MR) is 114 cm³/mol. The van der Waals surface area contributed by atoms with Gasteiger partial charge in [-0.1, -0.05) is 67.9 Å². The Balaban J connectivity index is 1.97. The van der Waals surface area contributed by atoms with Gasteiger partial charge in [0.15, 0.2) is 5.16 Å². The average molecular weight is 381 g/mol. The Labute approximate surface area is 165 Å². The zero-order chi connectivity index (χ0) is 19.0. The lowest BCUT2D eigenvalue weighted by Crippen LogP contribution is -2.40. The van der Waals surface area contributed by atoms with Gasteiger partial charge in [-0.25, -0.2) is 4.98 Å². The number of rotatable bonds is 5. The van der Waals surface area contributed by atoms with Gasteiger partial charge in [0.05, 0.1) is 11.3 Å². The van der Waals surface area contributed by atoms with Crippen molar-refractivity contribution in [3.05, 3.63) is 57.9 Å². The number of hydrogen-bond acceptors (Lipinski definition) is 3. The summed E-state index contributed by atoms with van der Waals surface area (Å²) in [7, 11) is 0. The maximum Gasteiger partial charge on any atom is 0.258 e. The highest BCUT2D eigenvalue weighted by molar-refractivity contribution is 7.99. The molecule has 0 unspecified atom stereocenters. The highest BCUT2D eigenvalue weighted by Crippen LogP contribution is 2.49. The van der Waals surface area contributed by atoms with E-state index in [9.17, 15) is 4.79 Å². The van der Waals surface area contributed by atoms with E-state index in [0.717, 1.165) is 65.5 Å². The molecular formula is C23H28N2OS. The third-order valence-electron chi connectivity index (χ3n) is 5.92. The smallest absolute Gasteiger partial charge is 0.258 e. The fourth-order valence-electron chi connectivity index (χ4n) is 4.76. The van der Waals surface area contributed by atoms with Crippen molar-refractivity contribution in [3.8, 4) is 11.3 Å². The van der Waals surface area contributed by atoms with E-state index >= 15 is 0 Å². The van der Waals surface area contributed by atoms with Crippen LogP contribution in [0.1, 0.15) is 57.1 Å². The van der Waals surface area contributed by atoms with Crippen LogP contribution in [0.4, 0.5) is 0 Å². The molecule has 4 rings (SSSR count). The number of nitrogens with zero attached hydrogens (tertiary/aromatic N) is 2. The minimum Gasteiger partial charge on any atom is -0.287 e. The third-order valence-corrected chi connectivity index (χ3v) is 7.13. The van der Waals surface area contributed by atoms with Crippen LogP contribution >= 0.6 is 11.8 Å². The second kappa shape index (κ2) is 7.31. The van der Waals surface area contributed by atoms with E-state index in [-0.39, 0.29) is 11.0 Å². The van der Waals surface area contributed by atoms with Gasteiger partial charge < -0.3 is 0 Å². The molecule has 1 saturated carbocycles. The summed E-state index contributed by atoms with van der Waals surface area (Å²) in [4.78, 5) is 18.8. The lowest BCUT2D eigenvalue weighted by atomic mass is 9.68. The molecule has 2 aromatic rings. The van der Waals surface area contributed by atoms with Crippen molar-refractivity contribution < 1.29 is 0 Å². The largest absolute Gasteiger partial charge is 0.287 e. The Hall–Kier alpha value is -1.81. The van der Waals surface area contributed by atoms with Crippen LogP contribution in [0.15, 0.2) is 46.4 Å². The molecule has 3 nitrogen and oxygen atoms in total. The molecule has 0 N–H and O–H groups in total. The first kappa shape index (κ1) is 18.5. The van der Waals surface area contributed by atoms with Crippen LogP contribution in [0.25, 0.3) is 11.3 Å². The van der Waals surface area contributed by atoms with Crippen molar-refractivity contribution in [3.63, 3.8) is 0 Å². The summed E-state index contributed by atoms with van der Waals surface area (Å²) < 4.78 is 1.93. The van der Waals surface area contributed by atoms with Gasteiger partial charge in [0.2, 0.25) is 0 Å². The van der Waals surface area contributed by atoms with Crippen molar-refractivity contribution in [2.45, 2.75) is 69.5 Å². The van der Waals surface area contributed by atoms with E-state index in [1.807, 2.05) is 11.5 Å². The number of aromatic nitrogens is 2. The highest BCUT2D eigenvalue weighted by Gasteiger charge is 2.44. The van der Waals surface area contributed by atoms with Crippen molar-refractivity contribution in [1.29, 1.82) is 0 Å². The van der Waals surface area contributed by atoms with E-state index in [1.165, 1.54) is 18.4 Å². The van der Waals surface area contributed by atoms with Gasteiger partial charge in [0, 0.05) is 23.3 Å². The maximum atomic E-state index is 13.7. The molecule has 1 heterocycles. The van der Waals surface area contributed by atoms with Gasteiger partial charge in [0.1, 0.15) is 0 Å². The first-order valence-electron chi connectivity index (χ1n) is 10.1. The monoisotopic (exact) mass is 380 g/mol. The van der Waals surface area contributed by atoms with Crippen molar-refractivity contribution in [1.82, 2.24) is 9.55 Å². The van der Waals surface area contributed by atoms with Gasteiger partial charge in [-0.05, 0) is 38.2 Å². The molecule has 0 atom stereocenters. The van der Waals surface area contributed by atoms with Crippen LogP contribution in [-0.2, 0) is 18.4 Å². The van der Waals surface area contributed by atoms with Gasteiger partial charge >= 0.3 is 0 Å². The second-order valence-corrected chi connectivity index (χ2v) is 9.08. The third kappa shape index (κ3) is 3.18. The van der Waals surface area contributed by atoms with E-state index in [2.05, 4.69) is 37.8 Å². The zero-order valence-electron chi connectivity index (χ0n) is 16.4. The average Bonchev–Trinajstić information content (AvgIpc) is 3.10. The number of hydrogen-bond donors (Lipinski definition) is 0. The number of thioether (sulfide) groups is 1. The lowest BCUT2D eigenvalue weighted by molar-refractivity contribution is 0.414. The molecule has 1 aromatic carbocycles. The van der Waals surface area contributed by atoms with Crippen LogP contribution in [-0.4, -0.2) is 15.3 Å². The minimum absolute atomic E-state index is 0.0131. The molecule has 2 aliphatic rings. The number of fused-ring (bicyclic) bond motifs is 4. The van der Waals surface area contributed by atoms with Crippen molar-refractivity contribution in [2.75, 3.05) is 5.75 Å². The summed E-state index contributed by atoms with van der Waals surface area (Å²) in [6.07, 6.45) is 6.55. The summed E-state index contributed by atoms with van der Waals surface area (Å²) >= 11 is 1.64. The molecule has 0 bridgehead atoms. The lowest BCUT2D eigenvalue weighted by Gasteiger charge is -2.36. The molecule has 0 saturated heterocycles. The van der Waals surface area contributed by atoms with Crippen LogP contribution in [0, 0.1) is 0 Å². The summed E-state index contributed by atoms with van der Waals surface area (Å²) in [6.45, 7) is 8.89. The first-order valence-corrected chi connectivity index (χ1v) is 11.0. The summed E-state index contributed by atoms with van der Waals surface area (Å²) in [5, 5.41) is 0.841. The van der Waals surface area contributed by atoms with E-state index < -0.39 is 0 Å². The second-order valence-electron chi connectivity index (χ2n) is 8.14. The molecule has 0 radical (unpaired) electrons. The fraction of sp³-hybridized carbons (Fsp3) is 0.478. The van der Waals surface area contributed by atoms with Crippen LogP contribution in [0.3, 0.4) is 0 Å². The normalized spacial score (nSPS) is 17.0. The number of benzene rings is 1. The van der Waals surface area contributed by atoms with Gasteiger partial charge in [-0.15, -0.1) is 0 Å².